The Kier molecular flexibility index (Phi) is 5.56. The Morgan fingerprint density at radius 3 is 2.55 bits per heavy atom. The molecule has 2 rings (SSSR count). The summed E-state index contributed by atoms with van der Waals surface area (Å²) < 4.78 is 10.8. The molecule has 1 saturated carbocycles. The van der Waals surface area contributed by atoms with E-state index in [-0.39, 0.29) is 18.1 Å². The number of amides is 1. The van der Waals surface area contributed by atoms with Crippen LogP contribution in [0.15, 0.2) is 30.3 Å². The van der Waals surface area contributed by atoms with Gasteiger partial charge in [0.1, 0.15) is 0 Å². The SMILES string of the molecule is COC(C(=O)NC1CCCCC1OC)c1ccccc1. The fourth-order valence-corrected chi connectivity index (χ4v) is 2.82. The summed E-state index contributed by atoms with van der Waals surface area (Å²) in [5.74, 6) is -0.0901. The second-order valence-electron chi connectivity index (χ2n) is 5.20. The Balaban J connectivity index is 2.02. The fraction of sp³-hybridized carbons (Fsp3) is 0.562. The van der Waals surface area contributed by atoms with E-state index in [1.54, 1.807) is 14.2 Å². The summed E-state index contributed by atoms with van der Waals surface area (Å²) in [6.45, 7) is 0. The highest BCUT2D eigenvalue weighted by Gasteiger charge is 2.29. The van der Waals surface area contributed by atoms with Gasteiger partial charge in [0, 0.05) is 14.2 Å². The van der Waals surface area contributed by atoms with Crippen molar-refractivity contribution in [3.05, 3.63) is 35.9 Å². The molecular weight excluding hydrogens is 254 g/mol. The Bertz CT molecular complexity index is 421. The van der Waals surface area contributed by atoms with Crippen molar-refractivity contribution in [1.29, 1.82) is 0 Å². The molecule has 1 aromatic rings. The van der Waals surface area contributed by atoms with Crippen LogP contribution in [0.4, 0.5) is 0 Å². The van der Waals surface area contributed by atoms with Crippen LogP contribution in [-0.4, -0.2) is 32.3 Å². The zero-order valence-electron chi connectivity index (χ0n) is 12.2. The van der Waals surface area contributed by atoms with Crippen molar-refractivity contribution in [2.24, 2.45) is 0 Å². The zero-order chi connectivity index (χ0) is 14.4. The first kappa shape index (κ1) is 15.0. The number of carbonyl (C=O) groups is 1. The molecule has 1 aliphatic carbocycles. The highest BCUT2D eigenvalue weighted by atomic mass is 16.5. The normalized spacial score (nSPS) is 24.1. The number of ether oxygens (including phenoxy) is 2. The fourth-order valence-electron chi connectivity index (χ4n) is 2.82. The van der Waals surface area contributed by atoms with Crippen LogP contribution in [0.25, 0.3) is 0 Å². The first-order valence-electron chi connectivity index (χ1n) is 7.17. The monoisotopic (exact) mass is 277 g/mol. The van der Waals surface area contributed by atoms with Crippen LogP contribution in [0.1, 0.15) is 37.4 Å². The molecule has 0 saturated heterocycles. The molecule has 1 amide bonds. The first-order valence-corrected chi connectivity index (χ1v) is 7.17. The van der Waals surface area contributed by atoms with Crippen molar-refractivity contribution < 1.29 is 14.3 Å². The molecule has 0 aliphatic heterocycles. The Hall–Kier alpha value is -1.39. The van der Waals surface area contributed by atoms with Gasteiger partial charge in [0.2, 0.25) is 0 Å². The summed E-state index contributed by atoms with van der Waals surface area (Å²) in [6.07, 6.45) is 3.82. The third-order valence-electron chi connectivity index (χ3n) is 3.91. The minimum absolute atomic E-state index is 0.0858. The number of methoxy groups -OCH3 is 2. The lowest BCUT2D eigenvalue weighted by molar-refractivity contribution is -0.133. The number of rotatable bonds is 5. The van der Waals surface area contributed by atoms with Crippen LogP contribution in [0.2, 0.25) is 0 Å². The van der Waals surface area contributed by atoms with Gasteiger partial charge in [-0.05, 0) is 18.4 Å². The molecule has 0 aromatic heterocycles. The van der Waals surface area contributed by atoms with Gasteiger partial charge < -0.3 is 14.8 Å². The minimum atomic E-state index is -0.560. The molecule has 0 heterocycles. The Morgan fingerprint density at radius 2 is 1.90 bits per heavy atom. The summed E-state index contributed by atoms with van der Waals surface area (Å²) in [7, 11) is 3.27. The van der Waals surface area contributed by atoms with Crippen molar-refractivity contribution in [1.82, 2.24) is 5.32 Å². The van der Waals surface area contributed by atoms with Gasteiger partial charge in [-0.2, -0.15) is 0 Å². The summed E-state index contributed by atoms with van der Waals surface area (Å²) in [4.78, 5) is 12.4. The summed E-state index contributed by atoms with van der Waals surface area (Å²) >= 11 is 0. The Morgan fingerprint density at radius 1 is 1.20 bits per heavy atom. The van der Waals surface area contributed by atoms with Crippen molar-refractivity contribution in [3.8, 4) is 0 Å². The van der Waals surface area contributed by atoms with Gasteiger partial charge in [-0.25, -0.2) is 0 Å². The Labute approximate surface area is 120 Å². The lowest BCUT2D eigenvalue weighted by atomic mass is 9.92. The standard InChI is InChI=1S/C16H23NO3/c1-19-14-11-7-6-10-13(14)17-16(18)15(20-2)12-8-4-3-5-9-12/h3-5,8-9,13-15H,6-7,10-11H2,1-2H3,(H,17,18). The van der Waals surface area contributed by atoms with Crippen LogP contribution in [-0.2, 0) is 14.3 Å². The maximum absolute atomic E-state index is 12.4. The van der Waals surface area contributed by atoms with Crippen LogP contribution in [0, 0.1) is 0 Å². The van der Waals surface area contributed by atoms with Gasteiger partial charge in [0.25, 0.3) is 5.91 Å². The van der Waals surface area contributed by atoms with Gasteiger partial charge in [-0.15, -0.1) is 0 Å². The molecule has 1 fully saturated rings. The van der Waals surface area contributed by atoms with E-state index in [2.05, 4.69) is 5.32 Å². The third kappa shape index (κ3) is 3.58. The average Bonchev–Trinajstić information content (AvgIpc) is 2.49. The molecule has 4 nitrogen and oxygen atoms in total. The number of carbonyl (C=O) groups excluding carboxylic acids is 1. The van der Waals surface area contributed by atoms with E-state index in [9.17, 15) is 4.79 Å². The molecule has 1 aromatic carbocycles. The number of benzene rings is 1. The average molecular weight is 277 g/mol. The van der Waals surface area contributed by atoms with Gasteiger partial charge in [0.05, 0.1) is 12.1 Å². The molecule has 0 radical (unpaired) electrons. The predicted molar refractivity (Wildman–Crippen MR) is 77.4 cm³/mol. The number of hydrogen-bond donors (Lipinski definition) is 1. The summed E-state index contributed by atoms with van der Waals surface area (Å²) in [5, 5.41) is 3.08. The molecule has 3 unspecified atom stereocenters. The molecular formula is C16H23NO3. The number of hydrogen-bond acceptors (Lipinski definition) is 3. The summed E-state index contributed by atoms with van der Waals surface area (Å²) in [6, 6.07) is 9.64. The highest BCUT2D eigenvalue weighted by molar-refractivity contribution is 5.82. The molecule has 0 bridgehead atoms. The smallest absolute Gasteiger partial charge is 0.254 e. The molecule has 4 heteroatoms. The van der Waals surface area contributed by atoms with Gasteiger partial charge in [-0.1, -0.05) is 43.2 Å². The lowest BCUT2D eigenvalue weighted by Crippen LogP contribution is -2.47. The first-order chi connectivity index (χ1) is 9.76. The zero-order valence-corrected chi connectivity index (χ0v) is 12.2. The molecule has 3 atom stereocenters. The number of nitrogens with one attached hydrogen (secondary N) is 1. The van der Waals surface area contributed by atoms with Crippen LogP contribution >= 0.6 is 0 Å². The van der Waals surface area contributed by atoms with E-state index in [4.69, 9.17) is 9.47 Å². The molecule has 20 heavy (non-hydrogen) atoms. The minimum Gasteiger partial charge on any atom is -0.379 e. The van der Waals surface area contributed by atoms with E-state index >= 15 is 0 Å². The lowest BCUT2D eigenvalue weighted by Gasteiger charge is -2.32. The van der Waals surface area contributed by atoms with Crippen LogP contribution < -0.4 is 5.32 Å². The van der Waals surface area contributed by atoms with Crippen molar-refractivity contribution in [3.63, 3.8) is 0 Å². The highest BCUT2D eigenvalue weighted by Crippen LogP contribution is 2.23. The van der Waals surface area contributed by atoms with E-state index < -0.39 is 6.10 Å². The maximum atomic E-state index is 12.4. The van der Waals surface area contributed by atoms with Crippen molar-refractivity contribution >= 4 is 5.91 Å². The van der Waals surface area contributed by atoms with E-state index in [0.717, 1.165) is 31.2 Å². The predicted octanol–water partition coefficient (Wildman–Crippen LogP) is 2.45. The molecule has 110 valence electrons. The largest absolute Gasteiger partial charge is 0.379 e. The third-order valence-corrected chi connectivity index (χ3v) is 3.91. The van der Waals surface area contributed by atoms with Crippen molar-refractivity contribution in [2.45, 2.75) is 43.9 Å². The van der Waals surface area contributed by atoms with E-state index in [1.165, 1.54) is 0 Å². The van der Waals surface area contributed by atoms with Crippen molar-refractivity contribution in [2.75, 3.05) is 14.2 Å². The van der Waals surface area contributed by atoms with E-state index in [1.807, 2.05) is 30.3 Å². The topological polar surface area (TPSA) is 47.6 Å². The van der Waals surface area contributed by atoms with E-state index in [0.29, 0.717) is 0 Å². The van der Waals surface area contributed by atoms with Crippen LogP contribution in [0.3, 0.4) is 0 Å². The molecule has 1 N–H and O–H groups in total. The van der Waals surface area contributed by atoms with Gasteiger partial charge in [0.15, 0.2) is 6.10 Å². The second-order valence-corrected chi connectivity index (χ2v) is 5.20. The molecule has 1 aliphatic rings. The van der Waals surface area contributed by atoms with Gasteiger partial charge >= 0.3 is 0 Å². The van der Waals surface area contributed by atoms with Gasteiger partial charge in [-0.3, -0.25) is 4.79 Å². The van der Waals surface area contributed by atoms with Crippen LogP contribution in [0.5, 0.6) is 0 Å². The maximum Gasteiger partial charge on any atom is 0.254 e. The molecule has 0 spiro atoms. The summed E-state index contributed by atoms with van der Waals surface area (Å²) in [5.41, 5.74) is 0.872. The quantitative estimate of drug-likeness (QED) is 0.899. The second kappa shape index (κ2) is 7.41.